The molecule has 2 heteroatoms. The second-order valence-electron chi connectivity index (χ2n) is 3.10. The van der Waals surface area contributed by atoms with E-state index in [4.69, 9.17) is 5.26 Å². The Balaban J connectivity index is 2.59. The van der Waals surface area contributed by atoms with Gasteiger partial charge in [0.25, 0.3) is 0 Å². The highest BCUT2D eigenvalue weighted by Crippen LogP contribution is 2.11. The molecule has 0 bridgehead atoms. The van der Waals surface area contributed by atoms with E-state index in [1.165, 1.54) is 6.07 Å². The molecular formula is C11H12FN. The van der Waals surface area contributed by atoms with E-state index in [0.29, 0.717) is 12.0 Å². The van der Waals surface area contributed by atoms with Crippen molar-refractivity contribution in [3.05, 3.63) is 35.1 Å². The van der Waals surface area contributed by atoms with Gasteiger partial charge in [-0.05, 0) is 37.0 Å². The lowest BCUT2D eigenvalue weighted by molar-refractivity contribution is 0.617. The summed E-state index contributed by atoms with van der Waals surface area (Å²) < 4.78 is 12.8. The molecule has 0 aliphatic heterocycles. The molecule has 0 unspecified atom stereocenters. The van der Waals surface area contributed by atoms with E-state index in [2.05, 4.69) is 6.07 Å². The smallest absolute Gasteiger partial charge is 0.126 e. The molecule has 0 aromatic heterocycles. The number of benzene rings is 1. The largest absolute Gasteiger partial charge is 0.207 e. The molecule has 0 radical (unpaired) electrons. The van der Waals surface area contributed by atoms with Crippen molar-refractivity contribution in [1.29, 1.82) is 5.26 Å². The predicted octanol–water partition coefficient (Wildman–Crippen LogP) is 2.98. The Kier molecular flexibility index (Phi) is 3.45. The Morgan fingerprint density at radius 1 is 1.46 bits per heavy atom. The standard InChI is InChI=1S/C11H12FN/c1-9-8-10(4-2-3-7-13)5-6-11(9)12/h5-6,8H,2-4H2,1H3. The zero-order chi connectivity index (χ0) is 9.68. The van der Waals surface area contributed by atoms with Crippen molar-refractivity contribution in [3.8, 4) is 6.07 Å². The molecule has 1 aromatic carbocycles. The van der Waals surface area contributed by atoms with Crippen LogP contribution in [0.25, 0.3) is 0 Å². The first-order chi connectivity index (χ1) is 6.24. The van der Waals surface area contributed by atoms with E-state index < -0.39 is 0 Å². The van der Waals surface area contributed by atoms with Crippen LogP contribution in [0.4, 0.5) is 4.39 Å². The molecule has 0 aliphatic carbocycles. The van der Waals surface area contributed by atoms with Gasteiger partial charge in [-0.15, -0.1) is 0 Å². The van der Waals surface area contributed by atoms with Crippen molar-refractivity contribution in [2.24, 2.45) is 0 Å². The van der Waals surface area contributed by atoms with E-state index in [1.807, 2.05) is 6.07 Å². The van der Waals surface area contributed by atoms with Gasteiger partial charge in [0.15, 0.2) is 0 Å². The second kappa shape index (κ2) is 4.61. The Labute approximate surface area is 77.8 Å². The molecule has 0 fully saturated rings. The van der Waals surface area contributed by atoms with Crippen LogP contribution in [0.15, 0.2) is 18.2 Å². The first-order valence-corrected chi connectivity index (χ1v) is 4.36. The lowest BCUT2D eigenvalue weighted by Gasteiger charge is -2.01. The number of rotatable bonds is 3. The SMILES string of the molecule is Cc1cc(CCCC#N)ccc1F. The average molecular weight is 177 g/mol. The summed E-state index contributed by atoms with van der Waals surface area (Å²) in [4.78, 5) is 0. The van der Waals surface area contributed by atoms with Gasteiger partial charge in [0.1, 0.15) is 5.82 Å². The number of nitriles is 1. The summed E-state index contributed by atoms with van der Waals surface area (Å²) >= 11 is 0. The van der Waals surface area contributed by atoms with Gasteiger partial charge in [0.2, 0.25) is 0 Å². The number of hydrogen-bond acceptors (Lipinski definition) is 1. The molecule has 13 heavy (non-hydrogen) atoms. The van der Waals surface area contributed by atoms with E-state index in [0.717, 1.165) is 18.4 Å². The minimum absolute atomic E-state index is 0.163. The minimum atomic E-state index is -0.163. The molecule has 1 nitrogen and oxygen atoms in total. The third kappa shape index (κ3) is 2.87. The molecule has 0 aliphatic rings. The maximum absolute atomic E-state index is 12.8. The molecular weight excluding hydrogens is 165 g/mol. The summed E-state index contributed by atoms with van der Waals surface area (Å²) in [5, 5.41) is 8.33. The quantitative estimate of drug-likeness (QED) is 0.651. The molecule has 0 atom stereocenters. The van der Waals surface area contributed by atoms with Crippen LogP contribution in [0.5, 0.6) is 0 Å². The Hall–Kier alpha value is -1.36. The molecule has 0 saturated carbocycles. The van der Waals surface area contributed by atoms with Gasteiger partial charge in [-0.1, -0.05) is 12.1 Å². The summed E-state index contributed by atoms with van der Waals surface area (Å²) in [6.07, 6.45) is 2.27. The maximum Gasteiger partial charge on any atom is 0.126 e. The number of aryl methyl sites for hydroxylation is 2. The number of nitrogens with zero attached hydrogens (tertiary/aromatic N) is 1. The van der Waals surface area contributed by atoms with E-state index in [-0.39, 0.29) is 5.82 Å². The fourth-order valence-electron chi connectivity index (χ4n) is 1.23. The molecule has 1 aromatic rings. The maximum atomic E-state index is 12.8. The highest BCUT2D eigenvalue weighted by molar-refractivity contribution is 5.23. The predicted molar refractivity (Wildman–Crippen MR) is 49.7 cm³/mol. The molecule has 0 saturated heterocycles. The zero-order valence-electron chi connectivity index (χ0n) is 7.68. The zero-order valence-corrected chi connectivity index (χ0v) is 7.68. The highest BCUT2D eigenvalue weighted by Gasteiger charge is 1.98. The first-order valence-electron chi connectivity index (χ1n) is 4.36. The molecule has 1 rings (SSSR count). The van der Waals surface area contributed by atoms with Gasteiger partial charge >= 0.3 is 0 Å². The van der Waals surface area contributed by atoms with Crippen molar-refractivity contribution >= 4 is 0 Å². The third-order valence-corrected chi connectivity index (χ3v) is 1.98. The Bertz CT molecular complexity index is 325. The molecule has 0 amide bonds. The van der Waals surface area contributed by atoms with Gasteiger partial charge in [-0.25, -0.2) is 4.39 Å². The van der Waals surface area contributed by atoms with Crippen LogP contribution in [0.1, 0.15) is 24.0 Å². The van der Waals surface area contributed by atoms with Gasteiger partial charge in [0, 0.05) is 6.42 Å². The number of unbranched alkanes of at least 4 members (excludes halogenated alkanes) is 1. The van der Waals surface area contributed by atoms with Crippen LogP contribution in [0, 0.1) is 24.1 Å². The van der Waals surface area contributed by atoms with Crippen molar-refractivity contribution in [2.75, 3.05) is 0 Å². The summed E-state index contributed by atoms with van der Waals surface area (Å²) in [5.74, 6) is -0.163. The molecule has 0 heterocycles. The van der Waals surface area contributed by atoms with Crippen LogP contribution in [-0.2, 0) is 6.42 Å². The second-order valence-corrected chi connectivity index (χ2v) is 3.10. The third-order valence-electron chi connectivity index (χ3n) is 1.98. The van der Waals surface area contributed by atoms with Crippen LogP contribution in [-0.4, -0.2) is 0 Å². The average Bonchev–Trinajstić information content (AvgIpc) is 2.12. The molecule has 0 N–H and O–H groups in total. The van der Waals surface area contributed by atoms with Gasteiger partial charge in [0.05, 0.1) is 6.07 Å². The Morgan fingerprint density at radius 3 is 2.85 bits per heavy atom. The summed E-state index contributed by atoms with van der Waals surface area (Å²) in [5.41, 5.74) is 1.78. The van der Waals surface area contributed by atoms with Gasteiger partial charge in [-0.3, -0.25) is 0 Å². The van der Waals surface area contributed by atoms with Crippen molar-refractivity contribution in [3.63, 3.8) is 0 Å². The summed E-state index contributed by atoms with van der Waals surface area (Å²) in [6.45, 7) is 1.75. The van der Waals surface area contributed by atoms with Crippen molar-refractivity contribution in [1.82, 2.24) is 0 Å². The fourth-order valence-corrected chi connectivity index (χ4v) is 1.23. The van der Waals surface area contributed by atoms with Gasteiger partial charge in [-0.2, -0.15) is 5.26 Å². The summed E-state index contributed by atoms with van der Waals surface area (Å²) in [7, 11) is 0. The normalized spacial score (nSPS) is 9.62. The van der Waals surface area contributed by atoms with Crippen LogP contribution >= 0.6 is 0 Å². The first kappa shape index (κ1) is 9.73. The van der Waals surface area contributed by atoms with E-state index in [9.17, 15) is 4.39 Å². The topological polar surface area (TPSA) is 23.8 Å². The van der Waals surface area contributed by atoms with Crippen LogP contribution < -0.4 is 0 Å². The van der Waals surface area contributed by atoms with E-state index in [1.54, 1.807) is 13.0 Å². The number of hydrogen-bond donors (Lipinski definition) is 0. The van der Waals surface area contributed by atoms with Gasteiger partial charge < -0.3 is 0 Å². The van der Waals surface area contributed by atoms with Crippen LogP contribution in [0.3, 0.4) is 0 Å². The molecule has 68 valence electrons. The molecule has 0 spiro atoms. The minimum Gasteiger partial charge on any atom is -0.207 e. The van der Waals surface area contributed by atoms with Crippen molar-refractivity contribution < 1.29 is 4.39 Å². The Morgan fingerprint density at radius 2 is 2.23 bits per heavy atom. The number of halogens is 1. The van der Waals surface area contributed by atoms with Crippen LogP contribution in [0.2, 0.25) is 0 Å². The fraction of sp³-hybridized carbons (Fsp3) is 0.364. The lowest BCUT2D eigenvalue weighted by Crippen LogP contribution is -1.88. The lowest BCUT2D eigenvalue weighted by atomic mass is 10.1. The van der Waals surface area contributed by atoms with E-state index >= 15 is 0 Å². The highest BCUT2D eigenvalue weighted by atomic mass is 19.1. The van der Waals surface area contributed by atoms with Crippen molar-refractivity contribution in [2.45, 2.75) is 26.2 Å². The monoisotopic (exact) mass is 177 g/mol. The summed E-state index contributed by atoms with van der Waals surface area (Å²) in [6, 6.07) is 7.19.